The summed E-state index contributed by atoms with van der Waals surface area (Å²) in [6, 6.07) is 5.12. The van der Waals surface area contributed by atoms with E-state index >= 15 is 0 Å². The van der Waals surface area contributed by atoms with Gasteiger partial charge in [0.1, 0.15) is 0 Å². The van der Waals surface area contributed by atoms with Gasteiger partial charge >= 0.3 is 0 Å². The minimum atomic E-state index is -0.131. The van der Waals surface area contributed by atoms with Crippen LogP contribution in [0.3, 0.4) is 0 Å². The van der Waals surface area contributed by atoms with Crippen molar-refractivity contribution in [2.24, 2.45) is 0 Å². The molecule has 0 bridgehead atoms. The van der Waals surface area contributed by atoms with Crippen molar-refractivity contribution in [3.8, 4) is 0 Å². The number of aromatic amines is 1. The number of furan rings is 1. The zero-order chi connectivity index (χ0) is 16.8. The number of likely N-dealkylation sites (tertiary alicyclic amines) is 1. The average Bonchev–Trinajstić information content (AvgIpc) is 3.30. The lowest BCUT2D eigenvalue weighted by Crippen LogP contribution is -2.30. The van der Waals surface area contributed by atoms with Crippen LogP contribution < -0.4 is 5.56 Å². The van der Waals surface area contributed by atoms with E-state index in [9.17, 15) is 9.59 Å². The number of H-pyrrole nitrogens is 1. The standard InChI is InChI=1S/C17H18N4O3/c1-10-11(2)18-15-9-12(19-21(15)16(10)22)13-5-3-7-20(13)17(23)14-6-4-8-24-14/h4,6,8-9,13,19H,3,5,7H2,1-2H3/t13-/m0/s1. The summed E-state index contributed by atoms with van der Waals surface area (Å²) in [7, 11) is 0. The number of hydrogen-bond acceptors (Lipinski definition) is 4. The van der Waals surface area contributed by atoms with Crippen LogP contribution in [0.25, 0.3) is 5.65 Å². The summed E-state index contributed by atoms with van der Waals surface area (Å²) >= 11 is 0. The first-order chi connectivity index (χ1) is 11.6. The van der Waals surface area contributed by atoms with Crippen LogP contribution in [-0.4, -0.2) is 31.9 Å². The van der Waals surface area contributed by atoms with Crippen LogP contribution in [0, 0.1) is 13.8 Å². The molecule has 24 heavy (non-hydrogen) atoms. The highest BCUT2D eigenvalue weighted by Gasteiger charge is 2.33. The molecule has 124 valence electrons. The van der Waals surface area contributed by atoms with Crippen molar-refractivity contribution in [1.29, 1.82) is 0 Å². The van der Waals surface area contributed by atoms with Gasteiger partial charge in [0.05, 0.1) is 18.0 Å². The number of carbonyl (C=O) groups is 1. The van der Waals surface area contributed by atoms with Crippen molar-refractivity contribution in [3.63, 3.8) is 0 Å². The molecule has 1 aliphatic rings. The first-order valence-corrected chi connectivity index (χ1v) is 7.99. The molecule has 0 aliphatic carbocycles. The van der Waals surface area contributed by atoms with E-state index in [2.05, 4.69) is 10.1 Å². The third kappa shape index (κ3) is 2.16. The Kier molecular flexibility index (Phi) is 3.30. The van der Waals surface area contributed by atoms with Crippen molar-refractivity contribution in [2.45, 2.75) is 32.7 Å². The van der Waals surface area contributed by atoms with Gasteiger partial charge in [0, 0.05) is 23.9 Å². The maximum atomic E-state index is 12.6. The molecule has 1 amide bonds. The summed E-state index contributed by atoms with van der Waals surface area (Å²) in [6.45, 7) is 4.26. The lowest BCUT2D eigenvalue weighted by atomic mass is 10.1. The molecule has 0 spiro atoms. The van der Waals surface area contributed by atoms with Gasteiger partial charge in [-0.2, -0.15) is 0 Å². The highest BCUT2D eigenvalue weighted by molar-refractivity contribution is 5.91. The molecule has 4 rings (SSSR count). The molecular formula is C17H18N4O3. The van der Waals surface area contributed by atoms with Gasteiger partial charge in [-0.1, -0.05) is 0 Å². The maximum Gasteiger partial charge on any atom is 0.290 e. The lowest BCUT2D eigenvalue weighted by Gasteiger charge is -2.22. The number of hydrogen-bond donors (Lipinski definition) is 1. The molecule has 1 fully saturated rings. The average molecular weight is 326 g/mol. The molecule has 7 heteroatoms. The summed E-state index contributed by atoms with van der Waals surface area (Å²) in [5, 5.41) is 3.12. The molecule has 0 unspecified atom stereocenters. The molecule has 7 nitrogen and oxygen atoms in total. The van der Waals surface area contributed by atoms with Gasteiger partial charge in [-0.05, 0) is 38.8 Å². The summed E-state index contributed by atoms with van der Waals surface area (Å²) in [4.78, 5) is 31.2. The van der Waals surface area contributed by atoms with Gasteiger partial charge in [-0.15, -0.1) is 0 Å². The number of aryl methyl sites for hydroxylation is 1. The second-order valence-electron chi connectivity index (χ2n) is 6.17. The van der Waals surface area contributed by atoms with Crippen molar-refractivity contribution in [1.82, 2.24) is 19.5 Å². The fourth-order valence-corrected chi connectivity index (χ4v) is 3.28. The Bertz CT molecular complexity index is 968. The van der Waals surface area contributed by atoms with E-state index in [0.717, 1.165) is 24.2 Å². The van der Waals surface area contributed by atoms with E-state index in [-0.39, 0.29) is 17.5 Å². The van der Waals surface area contributed by atoms with Gasteiger partial charge < -0.3 is 9.32 Å². The second-order valence-corrected chi connectivity index (χ2v) is 6.17. The van der Waals surface area contributed by atoms with Crippen LogP contribution in [0.5, 0.6) is 0 Å². The highest BCUT2D eigenvalue weighted by atomic mass is 16.3. The third-order valence-electron chi connectivity index (χ3n) is 4.71. The topological polar surface area (TPSA) is 83.6 Å². The zero-order valence-electron chi connectivity index (χ0n) is 13.6. The Morgan fingerprint density at radius 1 is 1.42 bits per heavy atom. The van der Waals surface area contributed by atoms with E-state index in [1.807, 2.05) is 13.0 Å². The molecule has 1 atom stereocenters. The Morgan fingerprint density at radius 3 is 3.00 bits per heavy atom. The number of aromatic nitrogens is 3. The van der Waals surface area contributed by atoms with Crippen LogP contribution in [-0.2, 0) is 0 Å². The van der Waals surface area contributed by atoms with Crippen LogP contribution >= 0.6 is 0 Å². The first-order valence-electron chi connectivity index (χ1n) is 7.99. The predicted octanol–water partition coefficient (Wildman–Crippen LogP) is 2.21. The molecule has 0 aromatic carbocycles. The number of nitrogens with zero attached hydrogens (tertiary/aromatic N) is 3. The van der Waals surface area contributed by atoms with Gasteiger partial charge in [-0.3, -0.25) is 14.7 Å². The molecule has 0 saturated carbocycles. The maximum absolute atomic E-state index is 12.6. The van der Waals surface area contributed by atoms with Gasteiger partial charge in [0.2, 0.25) is 0 Å². The quantitative estimate of drug-likeness (QED) is 0.782. The van der Waals surface area contributed by atoms with E-state index in [0.29, 0.717) is 23.5 Å². The fraction of sp³-hybridized carbons (Fsp3) is 0.353. The largest absolute Gasteiger partial charge is 0.459 e. The van der Waals surface area contributed by atoms with E-state index < -0.39 is 0 Å². The third-order valence-corrected chi connectivity index (χ3v) is 4.71. The fourth-order valence-electron chi connectivity index (χ4n) is 3.28. The van der Waals surface area contributed by atoms with Gasteiger partial charge in [0.15, 0.2) is 11.4 Å². The zero-order valence-corrected chi connectivity index (χ0v) is 13.6. The number of carbonyl (C=O) groups excluding carboxylic acids is 1. The minimum Gasteiger partial charge on any atom is -0.459 e. The summed E-state index contributed by atoms with van der Waals surface area (Å²) in [5.74, 6) is 0.203. The van der Waals surface area contributed by atoms with E-state index in [1.54, 1.807) is 24.0 Å². The van der Waals surface area contributed by atoms with Crippen LogP contribution in [0.4, 0.5) is 0 Å². The molecule has 4 heterocycles. The van der Waals surface area contributed by atoms with Crippen molar-refractivity contribution in [2.75, 3.05) is 6.54 Å². The Morgan fingerprint density at radius 2 is 2.25 bits per heavy atom. The number of amides is 1. The smallest absolute Gasteiger partial charge is 0.290 e. The Balaban J connectivity index is 1.75. The van der Waals surface area contributed by atoms with Crippen molar-refractivity contribution in [3.05, 3.63) is 57.5 Å². The molecule has 0 radical (unpaired) electrons. The molecule has 3 aromatic heterocycles. The monoisotopic (exact) mass is 326 g/mol. The summed E-state index contributed by atoms with van der Waals surface area (Å²) in [6.07, 6.45) is 3.25. The van der Waals surface area contributed by atoms with Gasteiger partial charge in [-0.25, -0.2) is 9.50 Å². The molecule has 1 saturated heterocycles. The van der Waals surface area contributed by atoms with Crippen molar-refractivity contribution < 1.29 is 9.21 Å². The van der Waals surface area contributed by atoms with E-state index in [1.165, 1.54) is 10.8 Å². The predicted molar refractivity (Wildman–Crippen MR) is 87.0 cm³/mol. The minimum absolute atomic E-state index is 0.106. The number of rotatable bonds is 2. The highest BCUT2D eigenvalue weighted by Crippen LogP contribution is 2.32. The van der Waals surface area contributed by atoms with Gasteiger partial charge in [0.25, 0.3) is 11.5 Å². The van der Waals surface area contributed by atoms with Crippen LogP contribution in [0.15, 0.2) is 33.7 Å². The summed E-state index contributed by atoms with van der Waals surface area (Å²) in [5.41, 5.74) is 2.64. The van der Waals surface area contributed by atoms with Crippen LogP contribution in [0.1, 0.15) is 46.4 Å². The molecule has 1 N–H and O–H groups in total. The number of fused-ring (bicyclic) bond motifs is 1. The van der Waals surface area contributed by atoms with Crippen LogP contribution in [0.2, 0.25) is 0 Å². The van der Waals surface area contributed by atoms with E-state index in [4.69, 9.17) is 4.42 Å². The second kappa shape index (κ2) is 5.36. The SMILES string of the molecule is Cc1nc2cc([C@@H]3CCCN3C(=O)c3ccco3)[nH]n2c(=O)c1C. The van der Waals surface area contributed by atoms with Crippen molar-refractivity contribution >= 4 is 11.6 Å². The molecule has 1 aliphatic heterocycles. The Hall–Kier alpha value is -2.83. The normalized spacial score (nSPS) is 17.8. The first kappa shape index (κ1) is 14.7. The summed E-state index contributed by atoms with van der Waals surface area (Å²) < 4.78 is 6.68. The molecule has 3 aromatic rings. The number of nitrogens with one attached hydrogen (secondary N) is 1. The molecular weight excluding hydrogens is 308 g/mol. The Labute approximate surface area is 137 Å². The lowest BCUT2D eigenvalue weighted by molar-refractivity contribution is 0.0700.